The van der Waals surface area contributed by atoms with Crippen LogP contribution in [0.1, 0.15) is 45.4 Å². The van der Waals surface area contributed by atoms with Crippen LogP contribution in [-0.2, 0) is 14.3 Å². The van der Waals surface area contributed by atoms with Gasteiger partial charge in [-0.05, 0) is 31.9 Å². The minimum atomic E-state index is -0.768. The largest absolute Gasteiger partial charge is 0.481 e. The van der Waals surface area contributed by atoms with Crippen molar-refractivity contribution >= 4 is 17.7 Å². The fourth-order valence-electron chi connectivity index (χ4n) is 2.61. The lowest BCUT2D eigenvalue weighted by Crippen LogP contribution is -2.32. The van der Waals surface area contributed by atoms with Gasteiger partial charge < -0.3 is 14.6 Å². The van der Waals surface area contributed by atoms with E-state index in [0.717, 1.165) is 6.42 Å². The summed E-state index contributed by atoms with van der Waals surface area (Å²) in [5.41, 5.74) is 0. The van der Waals surface area contributed by atoms with E-state index in [0.29, 0.717) is 18.3 Å². The molecule has 2 saturated heterocycles. The van der Waals surface area contributed by atoms with E-state index < -0.39 is 11.8 Å². The van der Waals surface area contributed by atoms with E-state index in [-0.39, 0.29) is 12.5 Å². The molecule has 0 spiro atoms. The Balaban J connectivity index is 1.76. The van der Waals surface area contributed by atoms with Gasteiger partial charge in [0, 0.05) is 18.1 Å². The van der Waals surface area contributed by atoms with Crippen molar-refractivity contribution in [1.29, 1.82) is 0 Å². The number of aliphatic carboxylic acids is 1. The lowest BCUT2D eigenvalue weighted by Gasteiger charge is -2.30. The topological polar surface area (TPSA) is 55.8 Å². The van der Waals surface area contributed by atoms with Gasteiger partial charge >= 0.3 is 5.97 Å². The third-order valence-electron chi connectivity index (χ3n) is 3.54. The average molecular weight is 274 g/mol. The van der Waals surface area contributed by atoms with E-state index in [1.807, 2.05) is 18.7 Å². The van der Waals surface area contributed by atoms with Crippen LogP contribution in [0.3, 0.4) is 0 Å². The summed E-state index contributed by atoms with van der Waals surface area (Å²) in [5.74, 6) is -0.0310. The van der Waals surface area contributed by atoms with Crippen molar-refractivity contribution in [3.05, 3.63) is 0 Å². The fourth-order valence-corrected chi connectivity index (χ4v) is 4.06. The van der Waals surface area contributed by atoms with Crippen molar-refractivity contribution in [3.63, 3.8) is 0 Å². The van der Waals surface area contributed by atoms with Gasteiger partial charge in [0.15, 0.2) is 5.79 Å². The van der Waals surface area contributed by atoms with E-state index in [1.54, 1.807) is 0 Å². The van der Waals surface area contributed by atoms with Gasteiger partial charge in [0.05, 0.1) is 12.7 Å². The first-order chi connectivity index (χ1) is 8.57. The number of ether oxygens (including phenoxy) is 2. The highest BCUT2D eigenvalue weighted by Crippen LogP contribution is 2.36. The molecule has 0 aromatic carbocycles. The predicted octanol–water partition coefficient (Wildman–Crippen LogP) is 2.66. The van der Waals surface area contributed by atoms with Crippen molar-refractivity contribution in [2.24, 2.45) is 0 Å². The zero-order valence-electron chi connectivity index (χ0n) is 10.9. The number of thioether (sulfide) groups is 1. The summed E-state index contributed by atoms with van der Waals surface area (Å²) in [6, 6.07) is 0. The zero-order chi connectivity index (χ0) is 13.0. The molecule has 2 aliphatic rings. The summed E-state index contributed by atoms with van der Waals surface area (Å²) in [5, 5.41) is 9.29. The Morgan fingerprint density at radius 2 is 2.33 bits per heavy atom. The Hall–Kier alpha value is -0.260. The Morgan fingerprint density at radius 1 is 1.50 bits per heavy atom. The second-order valence-electron chi connectivity index (χ2n) is 5.31. The normalized spacial score (nSPS) is 36.7. The van der Waals surface area contributed by atoms with Gasteiger partial charge in [-0.3, -0.25) is 4.79 Å². The van der Waals surface area contributed by atoms with Gasteiger partial charge in [-0.15, -0.1) is 0 Å². The van der Waals surface area contributed by atoms with E-state index in [4.69, 9.17) is 14.6 Å². The maximum absolute atomic E-state index is 10.5. The monoisotopic (exact) mass is 274 g/mol. The summed E-state index contributed by atoms with van der Waals surface area (Å²) in [6.45, 7) is 2.52. The van der Waals surface area contributed by atoms with Crippen molar-refractivity contribution < 1.29 is 19.4 Å². The van der Waals surface area contributed by atoms with Crippen LogP contribution >= 0.6 is 11.8 Å². The minimum Gasteiger partial charge on any atom is -0.481 e. The summed E-state index contributed by atoms with van der Waals surface area (Å²) < 4.78 is 11.7. The summed E-state index contributed by atoms with van der Waals surface area (Å²) in [4.78, 5) is 10.5. The molecule has 18 heavy (non-hydrogen) atoms. The lowest BCUT2D eigenvalue weighted by atomic mass is 10.1. The molecule has 104 valence electrons. The van der Waals surface area contributed by atoms with Gasteiger partial charge in [0.1, 0.15) is 0 Å². The lowest BCUT2D eigenvalue weighted by molar-refractivity contribution is -0.160. The third-order valence-corrected chi connectivity index (χ3v) is 4.94. The maximum Gasteiger partial charge on any atom is 0.303 e. The van der Waals surface area contributed by atoms with Crippen LogP contribution in [0.25, 0.3) is 0 Å². The molecule has 0 amide bonds. The first kappa shape index (κ1) is 14.2. The van der Waals surface area contributed by atoms with Crippen molar-refractivity contribution in [1.82, 2.24) is 0 Å². The number of carboxylic acid groups (broad SMARTS) is 1. The van der Waals surface area contributed by atoms with Crippen LogP contribution in [0.2, 0.25) is 0 Å². The first-order valence-corrected chi connectivity index (χ1v) is 7.77. The van der Waals surface area contributed by atoms with E-state index in [2.05, 4.69) is 0 Å². The Kier molecular flexibility index (Phi) is 4.92. The summed E-state index contributed by atoms with van der Waals surface area (Å²) >= 11 is 2.01. The minimum absolute atomic E-state index is 0.0558. The molecule has 2 fully saturated rings. The molecule has 4 nitrogen and oxygen atoms in total. The predicted molar refractivity (Wildman–Crippen MR) is 70.8 cm³/mol. The average Bonchev–Trinajstić information content (AvgIpc) is 2.69. The van der Waals surface area contributed by atoms with Crippen LogP contribution in [0.15, 0.2) is 0 Å². The van der Waals surface area contributed by atoms with Crippen molar-refractivity contribution in [2.45, 2.75) is 62.6 Å². The molecule has 5 heteroatoms. The smallest absolute Gasteiger partial charge is 0.303 e. The summed E-state index contributed by atoms with van der Waals surface area (Å²) in [7, 11) is 0. The van der Waals surface area contributed by atoms with Gasteiger partial charge in [-0.1, -0.05) is 6.42 Å². The van der Waals surface area contributed by atoms with Crippen LogP contribution in [0.4, 0.5) is 0 Å². The molecule has 0 aromatic heterocycles. The van der Waals surface area contributed by atoms with Crippen LogP contribution in [-0.4, -0.2) is 40.6 Å². The molecule has 0 radical (unpaired) electrons. The van der Waals surface area contributed by atoms with E-state index in [1.165, 1.54) is 25.0 Å². The molecule has 2 rings (SSSR count). The first-order valence-electron chi connectivity index (χ1n) is 6.72. The van der Waals surface area contributed by atoms with Gasteiger partial charge in [-0.2, -0.15) is 11.8 Å². The second-order valence-corrected chi connectivity index (χ2v) is 6.72. The van der Waals surface area contributed by atoms with E-state index in [9.17, 15) is 4.79 Å². The van der Waals surface area contributed by atoms with Gasteiger partial charge in [0.2, 0.25) is 0 Å². The standard InChI is InChI=1S/C13H22O4S/c1-13(8-11-4-2-3-7-18-11)16-9-10(17-13)5-6-12(14)15/h10-11H,2-9H2,1H3,(H,14,15). The SMILES string of the molecule is CC1(CC2CCCCS2)OCC(CCC(=O)O)O1. The van der Waals surface area contributed by atoms with Crippen molar-refractivity contribution in [3.8, 4) is 0 Å². The molecular formula is C13H22O4S. The van der Waals surface area contributed by atoms with Crippen LogP contribution in [0.5, 0.6) is 0 Å². The zero-order valence-corrected chi connectivity index (χ0v) is 11.7. The van der Waals surface area contributed by atoms with Gasteiger partial charge in [0.25, 0.3) is 0 Å². The molecule has 2 heterocycles. The number of carboxylic acids is 1. The summed E-state index contributed by atoms with van der Waals surface area (Å²) in [6.07, 6.45) is 5.43. The molecule has 3 unspecified atom stereocenters. The van der Waals surface area contributed by atoms with E-state index >= 15 is 0 Å². The van der Waals surface area contributed by atoms with Gasteiger partial charge in [-0.25, -0.2) is 0 Å². The molecule has 0 aliphatic carbocycles. The van der Waals surface area contributed by atoms with Crippen molar-refractivity contribution in [2.75, 3.05) is 12.4 Å². The molecule has 0 aromatic rings. The molecular weight excluding hydrogens is 252 g/mol. The quantitative estimate of drug-likeness (QED) is 0.835. The fraction of sp³-hybridized carbons (Fsp3) is 0.923. The number of hydrogen-bond donors (Lipinski definition) is 1. The molecule has 0 bridgehead atoms. The molecule has 0 saturated carbocycles. The number of hydrogen-bond acceptors (Lipinski definition) is 4. The third kappa shape index (κ3) is 4.14. The van der Waals surface area contributed by atoms with Crippen LogP contribution in [0, 0.1) is 0 Å². The number of rotatable bonds is 5. The maximum atomic E-state index is 10.5. The highest BCUT2D eigenvalue weighted by molar-refractivity contribution is 7.99. The van der Waals surface area contributed by atoms with Crippen LogP contribution < -0.4 is 0 Å². The Bertz CT molecular complexity index is 291. The highest BCUT2D eigenvalue weighted by Gasteiger charge is 2.39. The number of carbonyl (C=O) groups is 1. The highest BCUT2D eigenvalue weighted by atomic mass is 32.2. The molecule has 2 aliphatic heterocycles. The Labute approximate surface area is 112 Å². The molecule has 3 atom stereocenters. The second kappa shape index (κ2) is 6.26. The Morgan fingerprint density at radius 3 is 3.00 bits per heavy atom. The molecule has 1 N–H and O–H groups in total.